The molecule has 2 atom stereocenters. The fourth-order valence-corrected chi connectivity index (χ4v) is 4.28. The minimum absolute atomic E-state index is 0.572. The maximum atomic E-state index is 2.52. The van der Waals surface area contributed by atoms with Gasteiger partial charge in [0.15, 0.2) is 0 Å². The molecular formula is C15H30. The largest absolute Gasteiger partial charge is 0.0651 e. The number of hydrogen-bond acceptors (Lipinski definition) is 0. The minimum atomic E-state index is 0.572. The first-order chi connectivity index (χ1) is 6.76. The van der Waals surface area contributed by atoms with E-state index in [0.29, 0.717) is 10.8 Å². The molecule has 0 aromatic rings. The molecular weight excluding hydrogens is 180 g/mol. The summed E-state index contributed by atoms with van der Waals surface area (Å²) in [4.78, 5) is 0. The standard InChI is InChI=1S/C15H30/c1-7-13-9-14(4,5)11-15(6,10-13)8-12(2)3/h12-13H,7-11H2,1-6H3. The van der Waals surface area contributed by atoms with Crippen LogP contribution in [0.15, 0.2) is 0 Å². The first kappa shape index (κ1) is 13.1. The average molecular weight is 210 g/mol. The first-order valence-corrected chi connectivity index (χ1v) is 6.76. The Bertz CT molecular complexity index is 202. The summed E-state index contributed by atoms with van der Waals surface area (Å²) in [5.41, 5.74) is 1.18. The van der Waals surface area contributed by atoms with Crippen LogP contribution >= 0.6 is 0 Å². The molecule has 15 heavy (non-hydrogen) atoms. The van der Waals surface area contributed by atoms with E-state index in [9.17, 15) is 0 Å². The van der Waals surface area contributed by atoms with Crippen LogP contribution in [-0.2, 0) is 0 Å². The van der Waals surface area contributed by atoms with Crippen molar-refractivity contribution in [1.82, 2.24) is 0 Å². The molecule has 0 bridgehead atoms. The molecule has 1 saturated carbocycles. The lowest BCUT2D eigenvalue weighted by Crippen LogP contribution is -2.36. The van der Waals surface area contributed by atoms with E-state index < -0.39 is 0 Å². The second kappa shape index (κ2) is 4.47. The van der Waals surface area contributed by atoms with Crippen LogP contribution in [0, 0.1) is 22.7 Å². The van der Waals surface area contributed by atoms with Crippen LogP contribution in [0.2, 0.25) is 0 Å². The molecule has 0 N–H and O–H groups in total. The Morgan fingerprint density at radius 1 is 1.13 bits per heavy atom. The highest BCUT2D eigenvalue weighted by molar-refractivity contribution is 4.91. The molecule has 0 heteroatoms. The predicted octanol–water partition coefficient (Wildman–Crippen LogP) is 5.28. The van der Waals surface area contributed by atoms with Crippen LogP contribution in [0.1, 0.15) is 73.6 Å². The molecule has 1 fully saturated rings. The zero-order valence-corrected chi connectivity index (χ0v) is 11.7. The minimum Gasteiger partial charge on any atom is -0.0651 e. The van der Waals surface area contributed by atoms with Crippen LogP contribution in [0.5, 0.6) is 0 Å². The number of rotatable bonds is 3. The molecule has 90 valence electrons. The molecule has 1 aliphatic rings. The molecule has 2 unspecified atom stereocenters. The van der Waals surface area contributed by atoms with Crippen molar-refractivity contribution in [2.45, 2.75) is 73.6 Å². The van der Waals surface area contributed by atoms with Crippen LogP contribution in [-0.4, -0.2) is 0 Å². The van der Waals surface area contributed by atoms with Crippen molar-refractivity contribution in [2.24, 2.45) is 22.7 Å². The van der Waals surface area contributed by atoms with Gasteiger partial charge in [-0.1, -0.05) is 48.0 Å². The van der Waals surface area contributed by atoms with Gasteiger partial charge >= 0.3 is 0 Å². The van der Waals surface area contributed by atoms with Crippen LogP contribution in [0.3, 0.4) is 0 Å². The highest BCUT2D eigenvalue weighted by atomic mass is 14.5. The van der Waals surface area contributed by atoms with Crippen molar-refractivity contribution in [3.05, 3.63) is 0 Å². The fourth-order valence-electron chi connectivity index (χ4n) is 4.28. The fraction of sp³-hybridized carbons (Fsp3) is 1.00. The highest BCUT2D eigenvalue weighted by Gasteiger charge is 2.40. The van der Waals surface area contributed by atoms with E-state index in [2.05, 4.69) is 41.5 Å². The molecule has 0 nitrogen and oxygen atoms in total. The predicted molar refractivity (Wildman–Crippen MR) is 69.0 cm³/mol. The molecule has 0 aromatic heterocycles. The lowest BCUT2D eigenvalue weighted by atomic mass is 9.58. The summed E-state index contributed by atoms with van der Waals surface area (Å²) in [6.07, 6.45) is 7.11. The average Bonchev–Trinajstić information content (AvgIpc) is 1.97. The maximum absolute atomic E-state index is 2.52. The summed E-state index contributed by atoms with van der Waals surface area (Å²) in [5, 5.41) is 0. The summed E-state index contributed by atoms with van der Waals surface area (Å²) in [5.74, 6) is 1.82. The van der Waals surface area contributed by atoms with Crippen molar-refractivity contribution in [3.8, 4) is 0 Å². The normalized spacial score (nSPS) is 35.8. The van der Waals surface area contributed by atoms with Crippen molar-refractivity contribution in [2.75, 3.05) is 0 Å². The summed E-state index contributed by atoms with van der Waals surface area (Å²) in [6.45, 7) is 14.6. The molecule has 1 rings (SSSR count). The van der Waals surface area contributed by atoms with E-state index in [1.54, 1.807) is 0 Å². The van der Waals surface area contributed by atoms with Gasteiger partial charge in [0, 0.05) is 0 Å². The van der Waals surface area contributed by atoms with Crippen LogP contribution in [0.4, 0.5) is 0 Å². The quantitative estimate of drug-likeness (QED) is 0.595. The smallest absolute Gasteiger partial charge is 0.0316 e. The lowest BCUT2D eigenvalue weighted by molar-refractivity contribution is 0.0370. The van der Waals surface area contributed by atoms with Crippen molar-refractivity contribution in [1.29, 1.82) is 0 Å². The molecule has 0 amide bonds. The summed E-state index contributed by atoms with van der Waals surface area (Å²) >= 11 is 0. The SMILES string of the molecule is CCC1CC(C)(C)CC(C)(CC(C)C)C1. The van der Waals surface area contributed by atoms with Gasteiger partial charge in [-0.25, -0.2) is 0 Å². The summed E-state index contributed by atoms with van der Waals surface area (Å²) in [6, 6.07) is 0. The molecule has 0 radical (unpaired) electrons. The Morgan fingerprint density at radius 2 is 1.73 bits per heavy atom. The third-order valence-electron chi connectivity index (χ3n) is 4.01. The van der Waals surface area contributed by atoms with Gasteiger partial charge in [-0.05, 0) is 48.3 Å². The van der Waals surface area contributed by atoms with E-state index in [1.807, 2.05) is 0 Å². The van der Waals surface area contributed by atoms with Crippen LogP contribution < -0.4 is 0 Å². The molecule has 0 spiro atoms. The Balaban J connectivity index is 2.72. The molecule has 1 aliphatic carbocycles. The van der Waals surface area contributed by atoms with Gasteiger partial charge in [0.2, 0.25) is 0 Å². The highest BCUT2D eigenvalue weighted by Crippen LogP contribution is 2.51. The third kappa shape index (κ3) is 3.81. The molecule has 0 aliphatic heterocycles. The van der Waals surface area contributed by atoms with Crippen molar-refractivity contribution >= 4 is 0 Å². The maximum Gasteiger partial charge on any atom is -0.0316 e. The first-order valence-electron chi connectivity index (χ1n) is 6.76. The van der Waals surface area contributed by atoms with Gasteiger partial charge in [-0.2, -0.15) is 0 Å². The van der Waals surface area contributed by atoms with Gasteiger partial charge < -0.3 is 0 Å². The zero-order valence-electron chi connectivity index (χ0n) is 11.7. The van der Waals surface area contributed by atoms with Gasteiger partial charge in [-0.3, -0.25) is 0 Å². The van der Waals surface area contributed by atoms with E-state index in [-0.39, 0.29) is 0 Å². The molecule has 0 heterocycles. The Hall–Kier alpha value is 0. The zero-order chi connectivity index (χ0) is 11.7. The number of hydrogen-bond donors (Lipinski definition) is 0. The van der Waals surface area contributed by atoms with Gasteiger partial charge in [0.1, 0.15) is 0 Å². The summed E-state index contributed by atoms with van der Waals surface area (Å²) in [7, 11) is 0. The second-order valence-corrected chi connectivity index (χ2v) is 7.43. The monoisotopic (exact) mass is 210 g/mol. The second-order valence-electron chi connectivity index (χ2n) is 7.43. The Morgan fingerprint density at radius 3 is 2.20 bits per heavy atom. The summed E-state index contributed by atoms with van der Waals surface area (Å²) < 4.78 is 0. The topological polar surface area (TPSA) is 0 Å². The van der Waals surface area contributed by atoms with Gasteiger partial charge in [0.25, 0.3) is 0 Å². The van der Waals surface area contributed by atoms with Crippen molar-refractivity contribution in [3.63, 3.8) is 0 Å². The Kier molecular flexibility index (Phi) is 3.90. The molecule has 0 saturated heterocycles. The van der Waals surface area contributed by atoms with E-state index in [4.69, 9.17) is 0 Å². The van der Waals surface area contributed by atoms with Crippen molar-refractivity contribution < 1.29 is 0 Å². The van der Waals surface area contributed by atoms with E-state index in [1.165, 1.54) is 32.1 Å². The van der Waals surface area contributed by atoms with Crippen LogP contribution in [0.25, 0.3) is 0 Å². The third-order valence-corrected chi connectivity index (χ3v) is 4.01. The lowest BCUT2D eigenvalue weighted by Gasteiger charge is -2.47. The van der Waals surface area contributed by atoms with E-state index in [0.717, 1.165) is 11.8 Å². The van der Waals surface area contributed by atoms with Gasteiger partial charge in [0.05, 0.1) is 0 Å². The van der Waals surface area contributed by atoms with E-state index >= 15 is 0 Å². The molecule has 0 aromatic carbocycles. The Labute approximate surface area is 96.8 Å². The van der Waals surface area contributed by atoms with Gasteiger partial charge in [-0.15, -0.1) is 0 Å².